The van der Waals surface area contributed by atoms with E-state index >= 15 is 0 Å². The molecule has 84 valence electrons. The summed E-state index contributed by atoms with van der Waals surface area (Å²) in [4.78, 5) is 11.1. The van der Waals surface area contributed by atoms with Crippen molar-refractivity contribution in [3.63, 3.8) is 0 Å². The Kier molecular flexibility index (Phi) is 4.91. The molecule has 2 nitrogen and oxygen atoms in total. The normalized spacial score (nSPS) is 12.7. The largest absolute Gasteiger partial charge is 0.389 e. The average Bonchev–Trinajstić information content (AvgIpc) is 1.93. The summed E-state index contributed by atoms with van der Waals surface area (Å²) in [6.07, 6.45) is -5.09. The lowest BCUT2D eigenvalue weighted by Crippen LogP contribution is -2.38. The monoisotopic (exact) mass is 275 g/mol. The molecule has 6 heteroatoms. The first-order valence-electron chi connectivity index (χ1n) is 4.17. The highest BCUT2D eigenvalue weighted by Gasteiger charge is 2.27. The Balaban J connectivity index is 3.62. The predicted octanol–water partition coefficient (Wildman–Crippen LogP) is 2.62. The van der Waals surface area contributed by atoms with Crippen LogP contribution in [-0.2, 0) is 4.79 Å². The standard InChI is InChI=1S/C8H13BrF3NO/c1-7(2,9)6(14)13-5-3-4-8(10,11)12/h3-5H2,1-2H3,(H,13,14). The summed E-state index contributed by atoms with van der Waals surface area (Å²) in [6, 6.07) is 0. The van der Waals surface area contributed by atoms with E-state index in [9.17, 15) is 18.0 Å². The van der Waals surface area contributed by atoms with Gasteiger partial charge in [0.15, 0.2) is 0 Å². The van der Waals surface area contributed by atoms with E-state index in [1.54, 1.807) is 13.8 Å². The van der Waals surface area contributed by atoms with Crippen molar-refractivity contribution in [2.24, 2.45) is 0 Å². The van der Waals surface area contributed by atoms with Crippen LogP contribution in [0.3, 0.4) is 0 Å². The van der Waals surface area contributed by atoms with Crippen LogP contribution in [0, 0.1) is 0 Å². The first kappa shape index (κ1) is 13.7. The number of alkyl halides is 4. The van der Waals surface area contributed by atoms with Gasteiger partial charge in [-0.05, 0) is 20.3 Å². The minimum atomic E-state index is -4.14. The van der Waals surface area contributed by atoms with Gasteiger partial charge in [0.05, 0.1) is 4.32 Å². The Morgan fingerprint density at radius 3 is 2.21 bits per heavy atom. The molecule has 0 aromatic carbocycles. The van der Waals surface area contributed by atoms with Crippen LogP contribution in [0.1, 0.15) is 26.7 Å². The van der Waals surface area contributed by atoms with E-state index in [4.69, 9.17) is 0 Å². The first-order valence-corrected chi connectivity index (χ1v) is 4.96. The highest BCUT2D eigenvalue weighted by molar-refractivity contribution is 9.10. The van der Waals surface area contributed by atoms with Crippen LogP contribution >= 0.6 is 15.9 Å². The topological polar surface area (TPSA) is 29.1 Å². The predicted molar refractivity (Wildman–Crippen MR) is 51.3 cm³/mol. The Hall–Kier alpha value is -0.260. The number of halogens is 4. The lowest BCUT2D eigenvalue weighted by Gasteiger charge is -2.15. The molecule has 0 aromatic heterocycles. The van der Waals surface area contributed by atoms with Crippen LogP contribution in [0.4, 0.5) is 13.2 Å². The molecule has 0 bridgehead atoms. The number of hydrogen-bond acceptors (Lipinski definition) is 1. The lowest BCUT2D eigenvalue weighted by molar-refractivity contribution is -0.136. The Bertz CT molecular complexity index is 198. The Labute approximate surface area is 89.4 Å². The molecular weight excluding hydrogens is 263 g/mol. The van der Waals surface area contributed by atoms with Gasteiger partial charge in [-0.3, -0.25) is 4.79 Å². The summed E-state index contributed by atoms with van der Waals surface area (Å²) >= 11 is 3.10. The average molecular weight is 276 g/mol. The molecule has 0 aliphatic heterocycles. The summed E-state index contributed by atoms with van der Waals surface area (Å²) in [7, 11) is 0. The lowest BCUT2D eigenvalue weighted by atomic mass is 10.2. The maximum atomic E-state index is 11.7. The van der Waals surface area contributed by atoms with Crippen molar-refractivity contribution < 1.29 is 18.0 Å². The number of amides is 1. The number of hydrogen-bond donors (Lipinski definition) is 1. The molecule has 0 fully saturated rings. The van der Waals surface area contributed by atoms with Crippen LogP contribution in [0.25, 0.3) is 0 Å². The summed E-state index contributed by atoms with van der Waals surface area (Å²) < 4.78 is 34.3. The Morgan fingerprint density at radius 2 is 1.86 bits per heavy atom. The molecular formula is C8H13BrF3NO. The minimum absolute atomic E-state index is 0.0490. The second-order valence-corrected chi connectivity index (χ2v) is 5.43. The summed E-state index contributed by atoms with van der Waals surface area (Å²) in [5.41, 5.74) is 0. The SMILES string of the molecule is CC(C)(Br)C(=O)NCCCC(F)(F)F. The van der Waals surface area contributed by atoms with E-state index in [1.807, 2.05) is 0 Å². The summed E-state index contributed by atoms with van der Waals surface area (Å²) in [6.45, 7) is 3.31. The van der Waals surface area contributed by atoms with Gasteiger partial charge in [-0.25, -0.2) is 0 Å². The molecule has 0 saturated carbocycles. The van der Waals surface area contributed by atoms with E-state index in [1.165, 1.54) is 0 Å². The van der Waals surface area contributed by atoms with Crippen LogP contribution in [0.2, 0.25) is 0 Å². The van der Waals surface area contributed by atoms with Gasteiger partial charge in [-0.1, -0.05) is 15.9 Å². The van der Waals surface area contributed by atoms with Crippen LogP contribution < -0.4 is 5.32 Å². The highest BCUT2D eigenvalue weighted by atomic mass is 79.9. The van der Waals surface area contributed by atoms with Crippen LogP contribution in [0.15, 0.2) is 0 Å². The Morgan fingerprint density at radius 1 is 1.36 bits per heavy atom. The molecule has 14 heavy (non-hydrogen) atoms. The van der Waals surface area contributed by atoms with Gasteiger partial charge < -0.3 is 5.32 Å². The number of nitrogens with one attached hydrogen (secondary N) is 1. The van der Waals surface area contributed by atoms with Crippen molar-refractivity contribution in [1.29, 1.82) is 0 Å². The third-order valence-electron chi connectivity index (χ3n) is 1.46. The van der Waals surface area contributed by atoms with Gasteiger partial charge in [0.2, 0.25) is 5.91 Å². The number of carbonyl (C=O) groups excluding carboxylic acids is 1. The molecule has 0 rings (SSSR count). The molecule has 0 aromatic rings. The van der Waals surface area contributed by atoms with Crippen LogP contribution in [0.5, 0.6) is 0 Å². The maximum absolute atomic E-state index is 11.7. The second kappa shape index (κ2) is 5.00. The van der Waals surface area contributed by atoms with Crippen molar-refractivity contribution in [2.45, 2.75) is 37.2 Å². The number of carbonyl (C=O) groups is 1. The zero-order chi connectivity index (χ0) is 11.4. The molecule has 1 N–H and O–H groups in total. The van der Waals surface area contributed by atoms with Crippen molar-refractivity contribution in [3.8, 4) is 0 Å². The van der Waals surface area contributed by atoms with Gasteiger partial charge in [0, 0.05) is 13.0 Å². The molecule has 1 amide bonds. The van der Waals surface area contributed by atoms with E-state index in [0.717, 1.165) is 0 Å². The van der Waals surface area contributed by atoms with Gasteiger partial charge in [-0.15, -0.1) is 0 Å². The highest BCUT2D eigenvalue weighted by Crippen LogP contribution is 2.21. The zero-order valence-corrected chi connectivity index (χ0v) is 9.63. The fourth-order valence-corrected chi connectivity index (χ4v) is 0.841. The molecule has 0 aliphatic rings. The molecule has 0 spiro atoms. The number of rotatable bonds is 4. The van der Waals surface area contributed by atoms with Crippen molar-refractivity contribution in [2.75, 3.05) is 6.54 Å². The molecule has 0 heterocycles. The fourth-order valence-electron chi connectivity index (χ4n) is 0.701. The molecule has 0 aliphatic carbocycles. The van der Waals surface area contributed by atoms with E-state index in [-0.39, 0.29) is 18.9 Å². The van der Waals surface area contributed by atoms with E-state index in [2.05, 4.69) is 21.2 Å². The van der Waals surface area contributed by atoms with Gasteiger partial charge in [0.1, 0.15) is 0 Å². The molecule has 0 radical (unpaired) electrons. The van der Waals surface area contributed by atoms with E-state index < -0.39 is 16.9 Å². The van der Waals surface area contributed by atoms with Gasteiger partial charge >= 0.3 is 6.18 Å². The van der Waals surface area contributed by atoms with Crippen molar-refractivity contribution >= 4 is 21.8 Å². The molecule has 0 atom stereocenters. The summed E-state index contributed by atoms with van der Waals surface area (Å²) in [5.74, 6) is -0.306. The second-order valence-electron chi connectivity index (χ2n) is 3.45. The summed E-state index contributed by atoms with van der Waals surface area (Å²) in [5, 5.41) is 2.41. The third kappa shape index (κ3) is 7.17. The van der Waals surface area contributed by atoms with Gasteiger partial charge in [-0.2, -0.15) is 13.2 Å². The van der Waals surface area contributed by atoms with Crippen molar-refractivity contribution in [1.82, 2.24) is 5.32 Å². The zero-order valence-electron chi connectivity index (χ0n) is 8.04. The van der Waals surface area contributed by atoms with Crippen molar-refractivity contribution in [3.05, 3.63) is 0 Å². The smallest absolute Gasteiger partial charge is 0.355 e. The molecule has 0 saturated heterocycles. The first-order chi connectivity index (χ1) is 6.13. The third-order valence-corrected chi connectivity index (χ3v) is 1.82. The van der Waals surface area contributed by atoms with Crippen LogP contribution in [-0.4, -0.2) is 23.0 Å². The van der Waals surface area contributed by atoms with E-state index in [0.29, 0.717) is 0 Å². The van der Waals surface area contributed by atoms with Gasteiger partial charge in [0.25, 0.3) is 0 Å². The fraction of sp³-hybridized carbons (Fsp3) is 0.875. The quantitative estimate of drug-likeness (QED) is 0.620. The minimum Gasteiger partial charge on any atom is -0.355 e. The maximum Gasteiger partial charge on any atom is 0.389 e. The molecule has 0 unspecified atom stereocenters.